The van der Waals surface area contributed by atoms with E-state index in [4.69, 9.17) is 37.0 Å². The number of ether oxygens (including phenoxy) is 4. The van der Waals surface area contributed by atoms with E-state index in [1.54, 1.807) is 0 Å². The predicted octanol–water partition coefficient (Wildman–Crippen LogP) is 24.2. The number of aliphatic hydroxyl groups is 1. The normalized spacial score (nSPS) is 14.3. The van der Waals surface area contributed by atoms with Gasteiger partial charge in [-0.05, 0) is 63.2 Å². The lowest BCUT2D eigenvalue weighted by Gasteiger charge is -2.21. The van der Waals surface area contributed by atoms with Crippen LogP contribution in [0, 0.1) is 11.8 Å². The van der Waals surface area contributed by atoms with E-state index in [0.29, 0.717) is 31.6 Å². The van der Waals surface area contributed by atoms with Crippen molar-refractivity contribution in [3.8, 4) is 0 Å². The van der Waals surface area contributed by atoms with Gasteiger partial charge in [0.15, 0.2) is 12.2 Å². The van der Waals surface area contributed by atoms with Gasteiger partial charge in [-0.2, -0.15) is 0 Å². The summed E-state index contributed by atoms with van der Waals surface area (Å²) in [7, 11) is -9.93. The molecule has 0 amide bonds. The summed E-state index contributed by atoms with van der Waals surface area (Å²) in [6.45, 7) is 9.53. The molecule has 0 bridgehead atoms. The van der Waals surface area contributed by atoms with Crippen LogP contribution in [-0.2, 0) is 65.4 Å². The molecule has 0 aliphatic carbocycles. The third-order valence-electron chi connectivity index (χ3n) is 18.9. The molecule has 3 unspecified atom stereocenters. The SMILES string of the molecule is CCCCCC/C=C\C=C/CCCCCCCC(=O)OC[C@H](COP(=O)(O)OC[C@@H](O)COP(=O)(O)OC[C@@H](COC(=O)CCCCCCCCCC(C)C)OC(=O)CCCCCCCCCCCCC(C)CC)OC(=O)CCCCCCCCCCCCCCCCCCCCCCCC. The number of carbonyl (C=O) groups excluding carboxylic acids is 4. The van der Waals surface area contributed by atoms with Crippen LogP contribution in [0.1, 0.15) is 408 Å². The fraction of sp³-hybridized carbons (Fsp3) is 0.902. The molecule has 101 heavy (non-hydrogen) atoms. The zero-order valence-corrected chi connectivity index (χ0v) is 67.5. The largest absolute Gasteiger partial charge is 0.472 e. The molecule has 0 radical (unpaired) electrons. The number of hydrogen-bond donors (Lipinski definition) is 3. The molecule has 0 aromatic rings. The van der Waals surface area contributed by atoms with E-state index in [1.165, 1.54) is 199 Å². The van der Waals surface area contributed by atoms with Gasteiger partial charge in [0, 0.05) is 25.7 Å². The van der Waals surface area contributed by atoms with Crippen LogP contribution in [0.3, 0.4) is 0 Å². The van der Waals surface area contributed by atoms with Gasteiger partial charge in [0.1, 0.15) is 19.3 Å². The van der Waals surface area contributed by atoms with Crippen molar-refractivity contribution in [2.75, 3.05) is 39.6 Å². The van der Waals surface area contributed by atoms with Crippen molar-refractivity contribution in [2.45, 2.75) is 426 Å². The first-order valence-electron chi connectivity index (χ1n) is 41.8. The Labute approximate surface area is 618 Å². The third kappa shape index (κ3) is 74.2. The Kier molecular flexibility index (Phi) is 71.3. The summed E-state index contributed by atoms with van der Waals surface area (Å²) in [6, 6.07) is 0. The Balaban J connectivity index is 5.24. The lowest BCUT2D eigenvalue weighted by molar-refractivity contribution is -0.161. The number of unbranched alkanes of at least 4 members (excludes halogenated alkanes) is 45. The number of esters is 4. The van der Waals surface area contributed by atoms with Crippen molar-refractivity contribution in [1.29, 1.82) is 0 Å². The lowest BCUT2D eigenvalue weighted by Crippen LogP contribution is -2.30. The average molecular weight is 1480 g/mol. The quantitative estimate of drug-likeness (QED) is 0.0169. The second-order valence-corrected chi connectivity index (χ2v) is 32.5. The monoisotopic (exact) mass is 1480 g/mol. The molecule has 0 aromatic carbocycles. The first kappa shape index (κ1) is 98.5. The Bertz CT molecular complexity index is 2040. The number of phosphoric acid groups is 2. The highest BCUT2D eigenvalue weighted by atomic mass is 31.2. The Hall–Kier alpha value is -2.46. The molecule has 0 aliphatic rings. The molecule has 0 saturated carbocycles. The van der Waals surface area contributed by atoms with Crippen LogP contribution in [0.4, 0.5) is 0 Å². The van der Waals surface area contributed by atoms with Crippen LogP contribution in [0.5, 0.6) is 0 Å². The van der Waals surface area contributed by atoms with Crippen molar-refractivity contribution in [2.24, 2.45) is 11.8 Å². The standard InChI is InChI=1S/C82H156O17P2/c1-7-10-12-14-16-18-20-22-24-25-26-27-28-29-30-32-34-36-41-47-54-60-66-81(86)98-77(70-92-79(84)64-58-52-46-40-35-33-31-23-21-19-17-15-13-11-8-2)72-96-100(88,89)94-68-76(83)69-95-101(90,91)97-73-78(71-93-80(85)65-59-53-49-43-44-50-56-62-74(4)5)99-82(87)67-61-55-48-42-38-37-39-45-51-57-63-75(6)9-3/h19,21,23,31,74-78,83H,7-18,20,22,24-30,32-73H2,1-6H3,(H,88,89)(H,90,91)/b21-19-,31-23-/t75?,76-,77-,78-/m1/s1. The molecule has 3 N–H and O–H groups in total. The van der Waals surface area contributed by atoms with Crippen LogP contribution in [0.25, 0.3) is 0 Å². The molecular weight excluding hydrogens is 1320 g/mol. The fourth-order valence-electron chi connectivity index (χ4n) is 12.1. The number of phosphoric ester groups is 2. The van der Waals surface area contributed by atoms with E-state index in [2.05, 4.69) is 65.8 Å². The summed E-state index contributed by atoms with van der Waals surface area (Å²) in [6.07, 6.45) is 66.2. The van der Waals surface area contributed by atoms with Gasteiger partial charge >= 0.3 is 39.5 Å². The smallest absolute Gasteiger partial charge is 0.462 e. The first-order valence-corrected chi connectivity index (χ1v) is 44.8. The third-order valence-corrected chi connectivity index (χ3v) is 20.8. The molecule has 6 atom stereocenters. The molecule has 0 fully saturated rings. The van der Waals surface area contributed by atoms with Crippen LogP contribution in [0.15, 0.2) is 24.3 Å². The summed E-state index contributed by atoms with van der Waals surface area (Å²) in [5.41, 5.74) is 0. The molecule has 596 valence electrons. The minimum absolute atomic E-state index is 0.102. The molecular formula is C82H156O17P2. The summed E-state index contributed by atoms with van der Waals surface area (Å²) in [4.78, 5) is 73.0. The topological polar surface area (TPSA) is 237 Å². The van der Waals surface area contributed by atoms with Crippen LogP contribution < -0.4 is 0 Å². The van der Waals surface area contributed by atoms with Crippen molar-refractivity contribution < 1.29 is 80.2 Å². The van der Waals surface area contributed by atoms with Crippen molar-refractivity contribution in [3.05, 3.63) is 24.3 Å². The molecule has 19 heteroatoms. The van der Waals surface area contributed by atoms with E-state index in [9.17, 15) is 43.2 Å². The maximum absolute atomic E-state index is 13.1. The number of allylic oxidation sites excluding steroid dienone is 4. The van der Waals surface area contributed by atoms with Crippen LogP contribution in [0.2, 0.25) is 0 Å². The van der Waals surface area contributed by atoms with E-state index >= 15 is 0 Å². The Morgan fingerprint density at radius 3 is 0.891 bits per heavy atom. The molecule has 0 aliphatic heterocycles. The van der Waals surface area contributed by atoms with Gasteiger partial charge in [0.25, 0.3) is 0 Å². The maximum atomic E-state index is 13.1. The number of carbonyl (C=O) groups is 4. The molecule has 0 aromatic heterocycles. The minimum Gasteiger partial charge on any atom is -0.462 e. The number of aliphatic hydroxyl groups excluding tert-OH is 1. The molecule has 0 rings (SSSR count). The van der Waals surface area contributed by atoms with Crippen molar-refractivity contribution in [3.63, 3.8) is 0 Å². The van der Waals surface area contributed by atoms with Gasteiger partial charge < -0.3 is 33.8 Å². The second kappa shape index (κ2) is 73.1. The maximum Gasteiger partial charge on any atom is 0.472 e. The van der Waals surface area contributed by atoms with E-state index < -0.39 is 97.5 Å². The summed E-state index contributed by atoms with van der Waals surface area (Å²) >= 11 is 0. The second-order valence-electron chi connectivity index (χ2n) is 29.5. The Morgan fingerprint density at radius 1 is 0.327 bits per heavy atom. The minimum atomic E-state index is -4.97. The highest BCUT2D eigenvalue weighted by Crippen LogP contribution is 2.45. The van der Waals surface area contributed by atoms with Crippen LogP contribution >= 0.6 is 15.6 Å². The molecule has 0 spiro atoms. The zero-order chi connectivity index (χ0) is 74.2. The van der Waals surface area contributed by atoms with Crippen LogP contribution in [-0.4, -0.2) is 96.7 Å². The van der Waals surface area contributed by atoms with Crippen molar-refractivity contribution in [1.82, 2.24) is 0 Å². The lowest BCUT2D eigenvalue weighted by atomic mass is 9.99. The summed E-state index contributed by atoms with van der Waals surface area (Å²) in [5, 5.41) is 10.6. The first-order chi connectivity index (χ1) is 48.9. The average Bonchev–Trinajstić information content (AvgIpc) is 1.27. The van der Waals surface area contributed by atoms with Gasteiger partial charge in [0.05, 0.1) is 26.4 Å². The molecule has 17 nitrogen and oxygen atoms in total. The highest BCUT2D eigenvalue weighted by molar-refractivity contribution is 7.47. The van der Waals surface area contributed by atoms with E-state index in [0.717, 1.165) is 121 Å². The Morgan fingerprint density at radius 2 is 0.584 bits per heavy atom. The van der Waals surface area contributed by atoms with Crippen molar-refractivity contribution >= 4 is 39.5 Å². The van der Waals surface area contributed by atoms with Gasteiger partial charge in [0.2, 0.25) is 0 Å². The number of hydrogen-bond acceptors (Lipinski definition) is 15. The summed E-state index contributed by atoms with van der Waals surface area (Å²) < 4.78 is 68.7. The van der Waals surface area contributed by atoms with E-state index in [-0.39, 0.29) is 25.7 Å². The van der Waals surface area contributed by atoms with Gasteiger partial charge in [-0.15, -0.1) is 0 Å². The fourth-order valence-corrected chi connectivity index (χ4v) is 13.7. The zero-order valence-electron chi connectivity index (χ0n) is 65.7. The van der Waals surface area contributed by atoms with Gasteiger partial charge in [-0.1, -0.05) is 355 Å². The highest BCUT2D eigenvalue weighted by Gasteiger charge is 2.30. The predicted molar refractivity (Wildman–Crippen MR) is 414 cm³/mol. The molecule has 0 saturated heterocycles. The summed E-state index contributed by atoms with van der Waals surface area (Å²) in [5.74, 6) is -0.637. The number of rotatable bonds is 79. The van der Waals surface area contributed by atoms with Gasteiger partial charge in [-0.25, -0.2) is 9.13 Å². The van der Waals surface area contributed by atoms with E-state index in [1.807, 2.05) is 0 Å². The molecule has 0 heterocycles. The van der Waals surface area contributed by atoms with Gasteiger partial charge in [-0.3, -0.25) is 37.3 Å².